The largest absolute Gasteiger partial charge is 0.320 e. The van der Waals surface area contributed by atoms with Gasteiger partial charge in [-0.15, -0.1) is 0 Å². The van der Waals surface area contributed by atoms with Crippen LogP contribution >= 0.6 is 0 Å². The van der Waals surface area contributed by atoms with Crippen molar-refractivity contribution in [2.75, 3.05) is 16.5 Å². The van der Waals surface area contributed by atoms with Crippen molar-refractivity contribution in [2.24, 2.45) is 0 Å². The minimum absolute atomic E-state index is 0.767. The van der Waals surface area contributed by atoms with Crippen LogP contribution in [0.5, 0.6) is 0 Å². The average Bonchev–Trinajstić information content (AvgIpc) is 3.18. The van der Waals surface area contributed by atoms with Gasteiger partial charge in [0.25, 0.3) is 0 Å². The van der Waals surface area contributed by atoms with Crippen molar-refractivity contribution < 1.29 is 0 Å². The zero-order valence-electron chi connectivity index (χ0n) is 22.6. The third kappa shape index (κ3) is 4.22. The third-order valence-electron chi connectivity index (χ3n) is 7.20. The predicted molar refractivity (Wildman–Crippen MR) is 156 cm³/mol. The molecule has 0 saturated heterocycles. The molecular weight excluding hydrogens is 436 g/mol. The fourth-order valence-electron chi connectivity index (χ4n) is 6.07. The summed E-state index contributed by atoms with van der Waals surface area (Å²) < 4.78 is 0. The second kappa shape index (κ2) is 9.35. The molecule has 4 aromatic carbocycles. The van der Waals surface area contributed by atoms with Crippen molar-refractivity contribution in [3.05, 3.63) is 129 Å². The Morgan fingerprint density at radius 3 is 1.36 bits per heavy atom. The number of benzene rings is 4. The van der Waals surface area contributed by atoms with Crippen LogP contribution in [0.2, 0.25) is 0 Å². The average molecular weight is 473 g/mol. The Kier molecular flexibility index (Phi) is 6.22. The molecule has 4 aromatic rings. The molecule has 0 unspecified atom stereocenters. The highest BCUT2D eigenvalue weighted by Gasteiger charge is 2.35. The second-order valence-corrected chi connectivity index (χ2v) is 10.4. The molecule has 0 N–H and O–H groups in total. The summed E-state index contributed by atoms with van der Waals surface area (Å²) in [7, 11) is 0. The first kappa shape index (κ1) is 23.9. The van der Waals surface area contributed by atoms with Crippen molar-refractivity contribution in [3.8, 4) is 0 Å². The van der Waals surface area contributed by atoms with Gasteiger partial charge in [0, 0.05) is 22.5 Å². The van der Waals surface area contributed by atoms with Gasteiger partial charge in [-0.25, -0.2) is 0 Å². The Balaban J connectivity index is 1.87. The smallest absolute Gasteiger partial charge is 0.100 e. The molecule has 0 amide bonds. The number of rotatable bonds is 4. The van der Waals surface area contributed by atoms with E-state index in [1.807, 2.05) is 0 Å². The van der Waals surface area contributed by atoms with E-state index in [9.17, 15) is 0 Å². The third-order valence-corrected chi connectivity index (χ3v) is 7.20. The van der Waals surface area contributed by atoms with E-state index in [4.69, 9.17) is 0 Å². The van der Waals surface area contributed by atoms with Crippen LogP contribution in [0.25, 0.3) is 11.4 Å². The first-order valence-electron chi connectivity index (χ1n) is 12.8. The van der Waals surface area contributed by atoms with Crippen LogP contribution in [-0.2, 0) is 0 Å². The number of anilines is 2. The van der Waals surface area contributed by atoms with Crippen LogP contribution < -0.4 is 9.80 Å². The molecule has 0 bridgehead atoms. The molecule has 2 nitrogen and oxygen atoms in total. The number of aryl methyl sites for hydroxylation is 7. The summed E-state index contributed by atoms with van der Waals surface area (Å²) in [5.74, 6) is 0. The fraction of sp³-hybridized carbons (Fsp3) is 0.235. The first-order chi connectivity index (χ1) is 17.2. The molecule has 2 heteroatoms. The topological polar surface area (TPSA) is 6.48 Å². The van der Waals surface area contributed by atoms with E-state index in [0.29, 0.717) is 0 Å². The highest BCUT2D eigenvalue weighted by molar-refractivity contribution is 6.07. The van der Waals surface area contributed by atoms with Gasteiger partial charge < -0.3 is 9.80 Å². The predicted octanol–water partition coefficient (Wildman–Crippen LogP) is 8.66. The minimum atomic E-state index is 0.767. The van der Waals surface area contributed by atoms with Crippen molar-refractivity contribution in [1.29, 1.82) is 0 Å². The molecule has 0 radical (unpaired) electrons. The van der Waals surface area contributed by atoms with Gasteiger partial charge in [0.1, 0.15) is 6.67 Å². The Hall–Kier alpha value is -3.78. The number of hydrogen-bond donors (Lipinski definition) is 0. The summed E-state index contributed by atoms with van der Waals surface area (Å²) >= 11 is 0. The summed E-state index contributed by atoms with van der Waals surface area (Å²) in [5.41, 5.74) is 16.7. The summed E-state index contributed by atoms with van der Waals surface area (Å²) in [5, 5.41) is 0. The van der Waals surface area contributed by atoms with Crippen molar-refractivity contribution in [3.63, 3.8) is 0 Å². The molecule has 1 aliphatic heterocycles. The molecular formula is C34H36N2. The van der Waals surface area contributed by atoms with Gasteiger partial charge in [0.05, 0.1) is 11.4 Å². The van der Waals surface area contributed by atoms with Crippen LogP contribution in [0, 0.1) is 48.5 Å². The van der Waals surface area contributed by atoms with Gasteiger partial charge in [-0.05, 0) is 76.8 Å². The summed E-state index contributed by atoms with van der Waals surface area (Å²) in [4.78, 5) is 5.08. The highest BCUT2D eigenvalue weighted by Crippen LogP contribution is 2.46. The first-order valence-corrected chi connectivity index (χ1v) is 12.8. The Morgan fingerprint density at radius 2 is 0.889 bits per heavy atom. The van der Waals surface area contributed by atoms with Crippen molar-refractivity contribution >= 4 is 22.8 Å². The Labute approximate surface area is 216 Å². The lowest BCUT2D eigenvalue weighted by atomic mass is 9.99. The van der Waals surface area contributed by atoms with Crippen molar-refractivity contribution in [2.45, 2.75) is 48.5 Å². The van der Waals surface area contributed by atoms with Gasteiger partial charge in [-0.2, -0.15) is 0 Å². The Bertz CT molecular complexity index is 1430. The van der Waals surface area contributed by atoms with Crippen LogP contribution in [0.4, 0.5) is 11.4 Å². The molecule has 1 aliphatic rings. The molecule has 0 spiro atoms. The zero-order chi connectivity index (χ0) is 25.6. The van der Waals surface area contributed by atoms with E-state index in [-0.39, 0.29) is 0 Å². The Morgan fingerprint density at radius 1 is 0.444 bits per heavy atom. The van der Waals surface area contributed by atoms with E-state index in [1.54, 1.807) is 0 Å². The normalized spacial score (nSPS) is 13.6. The maximum absolute atomic E-state index is 2.54. The lowest BCUT2D eigenvalue weighted by Gasteiger charge is -2.29. The van der Waals surface area contributed by atoms with Crippen LogP contribution in [0.3, 0.4) is 0 Å². The lowest BCUT2D eigenvalue weighted by Crippen LogP contribution is -2.29. The number of nitrogens with zero attached hydrogens (tertiary/aromatic N) is 2. The van der Waals surface area contributed by atoms with E-state index in [0.717, 1.165) is 6.67 Å². The zero-order valence-corrected chi connectivity index (χ0v) is 22.6. The molecule has 5 rings (SSSR count). The standard InChI is InChI=1S/C34H36N2/c1-22-12-11-15-30(20-22)34-33(29-13-9-8-10-14-29)35(31-25(4)16-23(2)17-26(31)5)21-36(34)32-27(6)18-24(3)19-28(32)7/h8-20H,21H2,1-7H3. The molecule has 1 heterocycles. The van der Waals surface area contributed by atoms with Crippen molar-refractivity contribution in [1.82, 2.24) is 0 Å². The quantitative estimate of drug-likeness (QED) is 0.293. The highest BCUT2D eigenvalue weighted by atomic mass is 15.4. The van der Waals surface area contributed by atoms with Crippen LogP contribution in [0.1, 0.15) is 50.1 Å². The van der Waals surface area contributed by atoms with Crippen LogP contribution in [0.15, 0.2) is 78.9 Å². The van der Waals surface area contributed by atoms with Gasteiger partial charge in [0.2, 0.25) is 0 Å². The molecule has 0 aliphatic carbocycles. The molecule has 182 valence electrons. The maximum Gasteiger partial charge on any atom is 0.100 e. The maximum atomic E-state index is 2.54. The SMILES string of the molecule is Cc1cccc(C2=C(c3ccccc3)N(c3c(C)cc(C)cc3C)CN2c2c(C)cc(C)cc2C)c1. The molecule has 0 atom stereocenters. The fourth-order valence-corrected chi connectivity index (χ4v) is 6.07. The summed E-state index contributed by atoms with van der Waals surface area (Å²) in [6, 6.07) is 29.1. The number of hydrogen-bond acceptors (Lipinski definition) is 2. The van der Waals surface area contributed by atoms with E-state index < -0.39 is 0 Å². The molecule has 0 saturated carbocycles. The monoisotopic (exact) mass is 472 g/mol. The lowest BCUT2D eigenvalue weighted by molar-refractivity contribution is 0.964. The van der Waals surface area contributed by atoms with Gasteiger partial charge in [0.15, 0.2) is 0 Å². The summed E-state index contributed by atoms with van der Waals surface area (Å²) in [6.07, 6.45) is 0. The molecule has 0 fully saturated rings. The van der Waals surface area contributed by atoms with E-state index in [2.05, 4.69) is 137 Å². The molecule has 0 aromatic heterocycles. The van der Waals surface area contributed by atoms with Gasteiger partial charge in [-0.3, -0.25) is 0 Å². The van der Waals surface area contributed by atoms with Gasteiger partial charge >= 0.3 is 0 Å². The minimum Gasteiger partial charge on any atom is -0.320 e. The van der Waals surface area contributed by atoms with Crippen LogP contribution in [-0.4, -0.2) is 6.67 Å². The van der Waals surface area contributed by atoms with Gasteiger partial charge in [-0.1, -0.05) is 89.5 Å². The summed E-state index contributed by atoms with van der Waals surface area (Å²) in [6.45, 7) is 16.3. The van der Waals surface area contributed by atoms with E-state index in [1.165, 1.54) is 72.8 Å². The second-order valence-electron chi connectivity index (χ2n) is 10.4. The molecule has 36 heavy (non-hydrogen) atoms. The van der Waals surface area contributed by atoms with E-state index >= 15 is 0 Å².